The van der Waals surface area contributed by atoms with Crippen LogP contribution in [0.2, 0.25) is 0 Å². The number of rotatable bonds is 2. The summed E-state index contributed by atoms with van der Waals surface area (Å²) in [6, 6.07) is 6.42. The van der Waals surface area contributed by atoms with E-state index in [1.54, 1.807) is 30.5 Å². The standard InChI is InChI=1S/C14H15F3N2O2S/c1-19-12(22-3)18-11(8-13(19,20)14(15,16)17)9-4-6-10(21-2)7-5-9/h4-8,20H,1-3H3. The van der Waals surface area contributed by atoms with E-state index < -0.39 is 11.9 Å². The highest BCUT2D eigenvalue weighted by Gasteiger charge is 2.58. The average molecular weight is 332 g/mol. The van der Waals surface area contributed by atoms with Gasteiger partial charge >= 0.3 is 6.18 Å². The summed E-state index contributed by atoms with van der Waals surface area (Å²) in [6.07, 6.45) is -2.53. The quantitative estimate of drug-likeness (QED) is 0.904. The topological polar surface area (TPSA) is 45.1 Å². The summed E-state index contributed by atoms with van der Waals surface area (Å²) in [6.45, 7) is 0. The van der Waals surface area contributed by atoms with Gasteiger partial charge in [0.05, 0.1) is 12.8 Å². The van der Waals surface area contributed by atoms with Gasteiger partial charge in [-0.1, -0.05) is 11.8 Å². The van der Waals surface area contributed by atoms with E-state index >= 15 is 0 Å². The summed E-state index contributed by atoms with van der Waals surface area (Å²) in [7, 11) is 2.65. The molecule has 1 aromatic carbocycles. The van der Waals surface area contributed by atoms with Gasteiger partial charge in [0.2, 0.25) is 0 Å². The summed E-state index contributed by atoms with van der Waals surface area (Å²) in [5.74, 6) is 0.581. The van der Waals surface area contributed by atoms with Gasteiger partial charge in [0.1, 0.15) is 5.75 Å². The van der Waals surface area contributed by atoms with E-state index in [1.807, 2.05) is 0 Å². The van der Waals surface area contributed by atoms with Gasteiger partial charge in [-0.05, 0) is 30.5 Å². The Morgan fingerprint density at radius 1 is 1.27 bits per heavy atom. The molecule has 120 valence electrons. The first kappa shape index (κ1) is 16.7. The molecule has 22 heavy (non-hydrogen) atoms. The van der Waals surface area contributed by atoms with Crippen molar-refractivity contribution in [3.63, 3.8) is 0 Å². The number of halogens is 3. The summed E-state index contributed by atoms with van der Waals surface area (Å²) >= 11 is 1.03. The highest BCUT2D eigenvalue weighted by Crippen LogP contribution is 2.40. The maximum atomic E-state index is 13.3. The van der Waals surface area contributed by atoms with Crippen molar-refractivity contribution >= 4 is 22.6 Å². The van der Waals surface area contributed by atoms with Crippen LogP contribution >= 0.6 is 11.8 Å². The van der Waals surface area contributed by atoms with E-state index in [4.69, 9.17) is 4.74 Å². The summed E-state index contributed by atoms with van der Waals surface area (Å²) < 4.78 is 44.8. The predicted molar refractivity (Wildman–Crippen MR) is 80.7 cm³/mol. The van der Waals surface area contributed by atoms with Crippen molar-refractivity contribution in [2.45, 2.75) is 11.9 Å². The zero-order valence-corrected chi connectivity index (χ0v) is 13.0. The number of benzene rings is 1. The second-order valence-electron chi connectivity index (χ2n) is 4.64. The molecule has 0 fully saturated rings. The van der Waals surface area contributed by atoms with Crippen molar-refractivity contribution in [1.82, 2.24) is 4.90 Å². The molecule has 2 rings (SSSR count). The summed E-state index contributed by atoms with van der Waals surface area (Å²) in [5, 5.41) is 10.2. The molecule has 1 unspecified atom stereocenters. The van der Waals surface area contributed by atoms with E-state index in [9.17, 15) is 18.3 Å². The van der Waals surface area contributed by atoms with Crippen molar-refractivity contribution in [3.8, 4) is 5.75 Å². The molecule has 0 spiro atoms. The molecule has 8 heteroatoms. The van der Waals surface area contributed by atoms with Gasteiger partial charge < -0.3 is 14.7 Å². The third-order valence-corrected chi connectivity index (χ3v) is 4.07. The van der Waals surface area contributed by atoms with Crippen LogP contribution in [0.5, 0.6) is 5.75 Å². The first-order valence-electron chi connectivity index (χ1n) is 6.26. The number of thioether (sulfide) groups is 1. The largest absolute Gasteiger partial charge is 0.497 e. The molecule has 1 atom stereocenters. The lowest BCUT2D eigenvalue weighted by Gasteiger charge is -2.40. The zero-order valence-electron chi connectivity index (χ0n) is 12.2. The lowest BCUT2D eigenvalue weighted by molar-refractivity contribution is -0.275. The Bertz CT molecular complexity index is 614. The Labute approximate surface area is 130 Å². The number of aliphatic imine (C=N–C) groups is 1. The van der Waals surface area contributed by atoms with E-state index in [0.717, 1.165) is 18.8 Å². The number of alkyl halides is 3. The average Bonchev–Trinajstić information content (AvgIpc) is 2.49. The zero-order chi connectivity index (χ0) is 16.5. The van der Waals surface area contributed by atoms with Crippen LogP contribution in [0.25, 0.3) is 5.70 Å². The molecule has 0 aromatic heterocycles. The molecular formula is C14H15F3N2O2S. The Kier molecular flexibility index (Phi) is 4.44. The van der Waals surface area contributed by atoms with Crippen LogP contribution in [0, 0.1) is 0 Å². The van der Waals surface area contributed by atoms with Crippen LogP contribution < -0.4 is 4.74 Å². The molecule has 4 nitrogen and oxygen atoms in total. The van der Waals surface area contributed by atoms with Crippen molar-refractivity contribution in [2.24, 2.45) is 4.99 Å². The van der Waals surface area contributed by atoms with Crippen LogP contribution in [0.4, 0.5) is 13.2 Å². The normalized spacial score (nSPS) is 22.2. The molecule has 1 heterocycles. The summed E-state index contributed by atoms with van der Waals surface area (Å²) in [4.78, 5) is 4.89. The number of methoxy groups -OCH3 is 1. The number of aliphatic hydroxyl groups is 1. The molecule has 0 saturated carbocycles. The lowest BCUT2D eigenvalue weighted by atomic mass is 10.0. The van der Waals surface area contributed by atoms with Gasteiger partial charge in [-0.3, -0.25) is 0 Å². The molecule has 1 aliphatic rings. The number of hydrogen-bond donors (Lipinski definition) is 1. The number of hydrogen-bond acceptors (Lipinski definition) is 5. The van der Waals surface area contributed by atoms with E-state index in [-0.39, 0.29) is 10.9 Å². The van der Waals surface area contributed by atoms with Gasteiger partial charge in [0.25, 0.3) is 5.72 Å². The fourth-order valence-electron chi connectivity index (χ4n) is 2.01. The van der Waals surface area contributed by atoms with Gasteiger partial charge in [-0.2, -0.15) is 13.2 Å². The van der Waals surface area contributed by atoms with E-state index in [0.29, 0.717) is 22.3 Å². The molecule has 1 aromatic rings. The second kappa shape index (κ2) is 5.85. The number of nitrogens with zero attached hydrogens (tertiary/aromatic N) is 2. The highest BCUT2D eigenvalue weighted by atomic mass is 32.2. The Morgan fingerprint density at radius 3 is 2.32 bits per heavy atom. The van der Waals surface area contributed by atoms with Crippen LogP contribution in [0.1, 0.15) is 5.56 Å². The fraction of sp³-hybridized carbons (Fsp3) is 0.357. The van der Waals surface area contributed by atoms with Crippen molar-refractivity contribution in [1.29, 1.82) is 0 Å². The van der Waals surface area contributed by atoms with Crippen LogP contribution in [0.3, 0.4) is 0 Å². The van der Waals surface area contributed by atoms with Crippen molar-refractivity contribution in [3.05, 3.63) is 35.9 Å². The molecule has 1 N–H and O–H groups in total. The maximum absolute atomic E-state index is 13.3. The Morgan fingerprint density at radius 2 is 1.86 bits per heavy atom. The molecule has 0 saturated heterocycles. The minimum absolute atomic E-state index is 0.0601. The van der Waals surface area contributed by atoms with Gasteiger partial charge in [0, 0.05) is 18.7 Å². The predicted octanol–water partition coefficient (Wildman–Crippen LogP) is 2.95. The lowest BCUT2D eigenvalue weighted by Crippen LogP contribution is -2.58. The van der Waals surface area contributed by atoms with Gasteiger partial charge in [-0.15, -0.1) is 0 Å². The summed E-state index contributed by atoms with van der Waals surface area (Å²) in [5.41, 5.74) is -2.57. The molecule has 0 bridgehead atoms. The third kappa shape index (κ3) is 2.80. The maximum Gasteiger partial charge on any atom is 0.440 e. The van der Waals surface area contributed by atoms with Crippen LogP contribution in [0.15, 0.2) is 35.3 Å². The number of likely N-dealkylation sites (N-methyl/N-ethyl adjacent to an activating group) is 1. The fourth-order valence-corrected chi connectivity index (χ4v) is 2.61. The Hall–Kier alpha value is -1.67. The minimum atomic E-state index is -4.85. The first-order chi connectivity index (χ1) is 10.2. The smallest absolute Gasteiger partial charge is 0.440 e. The van der Waals surface area contributed by atoms with Gasteiger partial charge in [-0.25, -0.2) is 4.99 Å². The molecular weight excluding hydrogens is 317 g/mol. The monoisotopic (exact) mass is 332 g/mol. The minimum Gasteiger partial charge on any atom is -0.497 e. The van der Waals surface area contributed by atoms with Crippen LogP contribution in [-0.2, 0) is 0 Å². The first-order valence-corrected chi connectivity index (χ1v) is 7.48. The third-order valence-electron chi connectivity index (χ3n) is 3.34. The molecule has 0 aliphatic carbocycles. The molecule has 0 amide bonds. The highest BCUT2D eigenvalue weighted by molar-refractivity contribution is 8.13. The second-order valence-corrected chi connectivity index (χ2v) is 5.41. The Balaban J connectivity index is 2.52. The number of ether oxygens (including phenoxy) is 1. The van der Waals surface area contributed by atoms with Crippen LogP contribution in [-0.4, -0.2) is 47.5 Å². The molecule has 1 aliphatic heterocycles. The van der Waals surface area contributed by atoms with Gasteiger partial charge in [0.15, 0.2) is 5.17 Å². The number of amidine groups is 1. The molecule has 0 radical (unpaired) electrons. The van der Waals surface area contributed by atoms with Crippen molar-refractivity contribution < 1.29 is 23.0 Å². The SMILES string of the molecule is COc1ccc(C2=CC(O)(C(F)(F)F)N(C)C(SC)=N2)cc1. The van der Waals surface area contributed by atoms with E-state index in [2.05, 4.69) is 4.99 Å². The van der Waals surface area contributed by atoms with E-state index in [1.165, 1.54) is 7.11 Å². The van der Waals surface area contributed by atoms with Crippen molar-refractivity contribution in [2.75, 3.05) is 20.4 Å².